The molecule has 8 heteroatoms. The minimum absolute atomic E-state index is 0.118. The first-order chi connectivity index (χ1) is 14.3. The SMILES string of the molecule is O=C(COc1cccc2ccccc12)Nc1nnc(-c2ccc3c(c2)OCO3)s1. The van der Waals surface area contributed by atoms with Gasteiger partial charge in [-0.1, -0.05) is 47.7 Å². The molecule has 1 aliphatic heterocycles. The zero-order valence-electron chi connectivity index (χ0n) is 15.1. The highest BCUT2D eigenvalue weighted by Gasteiger charge is 2.16. The first kappa shape index (κ1) is 17.4. The number of anilines is 1. The van der Waals surface area contributed by atoms with E-state index in [9.17, 15) is 4.79 Å². The summed E-state index contributed by atoms with van der Waals surface area (Å²) in [5, 5.41) is 14.0. The molecule has 4 aromatic rings. The Morgan fingerprint density at radius 3 is 2.86 bits per heavy atom. The van der Waals surface area contributed by atoms with Crippen molar-refractivity contribution in [2.75, 3.05) is 18.7 Å². The molecule has 5 rings (SSSR count). The van der Waals surface area contributed by atoms with Crippen LogP contribution >= 0.6 is 11.3 Å². The van der Waals surface area contributed by atoms with Crippen LogP contribution in [0.1, 0.15) is 0 Å². The summed E-state index contributed by atoms with van der Waals surface area (Å²) in [5.74, 6) is 1.74. The molecule has 144 valence electrons. The molecular formula is C21H15N3O4S. The maximum Gasteiger partial charge on any atom is 0.264 e. The predicted molar refractivity (Wildman–Crippen MR) is 110 cm³/mol. The second-order valence-corrected chi connectivity index (χ2v) is 7.27. The largest absolute Gasteiger partial charge is 0.483 e. The van der Waals surface area contributed by atoms with E-state index in [4.69, 9.17) is 14.2 Å². The Hall–Kier alpha value is -3.65. The Bertz CT molecular complexity index is 1200. The molecule has 2 heterocycles. The van der Waals surface area contributed by atoms with Crippen molar-refractivity contribution >= 4 is 33.1 Å². The third-order valence-electron chi connectivity index (χ3n) is 4.40. The van der Waals surface area contributed by atoms with Crippen molar-refractivity contribution in [1.29, 1.82) is 0 Å². The Balaban J connectivity index is 1.25. The number of nitrogens with one attached hydrogen (secondary N) is 1. The van der Waals surface area contributed by atoms with Crippen LogP contribution in [0.2, 0.25) is 0 Å². The number of benzene rings is 3. The fourth-order valence-corrected chi connectivity index (χ4v) is 3.80. The number of amides is 1. The minimum atomic E-state index is -0.300. The van der Waals surface area contributed by atoms with Crippen LogP contribution in [0.3, 0.4) is 0 Å². The number of nitrogens with zero attached hydrogens (tertiary/aromatic N) is 2. The van der Waals surface area contributed by atoms with Crippen LogP contribution < -0.4 is 19.5 Å². The number of carbonyl (C=O) groups is 1. The van der Waals surface area contributed by atoms with Crippen molar-refractivity contribution in [2.24, 2.45) is 0 Å². The molecule has 3 aromatic carbocycles. The molecule has 0 fully saturated rings. The molecule has 0 aliphatic carbocycles. The molecule has 1 aromatic heterocycles. The van der Waals surface area contributed by atoms with Crippen LogP contribution in [0.25, 0.3) is 21.3 Å². The molecule has 0 bridgehead atoms. The Morgan fingerprint density at radius 1 is 1.03 bits per heavy atom. The van der Waals surface area contributed by atoms with Crippen LogP contribution in [-0.2, 0) is 4.79 Å². The molecule has 1 N–H and O–H groups in total. The summed E-state index contributed by atoms with van der Waals surface area (Å²) in [6.45, 7) is 0.0971. The highest BCUT2D eigenvalue weighted by Crippen LogP contribution is 2.37. The van der Waals surface area contributed by atoms with Crippen LogP contribution in [0.15, 0.2) is 60.7 Å². The van der Waals surface area contributed by atoms with Crippen molar-refractivity contribution in [3.05, 3.63) is 60.7 Å². The summed E-state index contributed by atoms with van der Waals surface area (Å²) in [6, 6.07) is 19.2. The van der Waals surface area contributed by atoms with Crippen molar-refractivity contribution in [2.45, 2.75) is 0 Å². The van der Waals surface area contributed by atoms with Crippen LogP contribution in [0.4, 0.5) is 5.13 Å². The zero-order chi connectivity index (χ0) is 19.6. The lowest BCUT2D eigenvalue weighted by atomic mass is 10.1. The fourth-order valence-electron chi connectivity index (χ4n) is 3.04. The molecule has 29 heavy (non-hydrogen) atoms. The van der Waals surface area contributed by atoms with Gasteiger partial charge in [-0.15, -0.1) is 10.2 Å². The molecule has 1 amide bonds. The molecule has 0 atom stereocenters. The van der Waals surface area contributed by atoms with Crippen molar-refractivity contribution in [3.63, 3.8) is 0 Å². The number of fused-ring (bicyclic) bond motifs is 2. The van der Waals surface area contributed by atoms with Gasteiger partial charge in [-0.25, -0.2) is 0 Å². The molecule has 7 nitrogen and oxygen atoms in total. The number of aromatic nitrogens is 2. The van der Waals surface area contributed by atoms with Crippen LogP contribution in [-0.4, -0.2) is 29.5 Å². The first-order valence-corrected chi connectivity index (χ1v) is 9.72. The normalized spacial score (nSPS) is 12.1. The third kappa shape index (κ3) is 3.57. The smallest absolute Gasteiger partial charge is 0.264 e. The predicted octanol–water partition coefficient (Wildman–Crippen LogP) is 4.10. The first-order valence-electron chi connectivity index (χ1n) is 8.90. The number of carbonyl (C=O) groups excluding carboxylic acids is 1. The summed E-state index contributed by atoms with van der Waals surface area (Å²) < 4.78 is 16.4. The Labute approximate surface area is 169 Å². The van der Waals surface area contributed by atoms with E-state index >= 15 is 0 Å². The molecule has 0 saturated heterocycles. The Morgan fingerprint density at radius 2 is 1.90 bits per heavy atom. The van der Waals surface area contributed by atoms with Crippen molar-refractivity contribution in [3.8, 4) is 27.8 Å². The average molecular weight is 405 g/mol. The lowest BCUT2D eigenvalue weighted by molar-refractivity contribution is -0.118. The molecule has 0 radical (unpaired) electrons. The van der Waals surface area contributed by atoms with Gasteiger partial charge in [0.1, 0.15) is 10.8 Å². The summed E-state index contributed by atoms with van der Waals surface area (Å²) in [5.41, 5.74) is 0.847. The van der Waals surface area contributed by atoms with Gasteiger partial charge in [-0.2, -0.15) is 0 Å². The van der Waals surface area contributed by atoms with Gasteiger partial charge >= 0.3 is 0 Å². The third-order valence-corrected chi connectivity index (χ3v) is 5.29. The van der Waals surface area contributed by atoms with E-state index in [0.29, 0.717) is 27.4 Å². The van der Waals surface area contributed by atoms with Gasteiger partial charge in [0.2, 0.25) is 11.9 Å². The zero-order valence-corrected chi connectivity index (χ0v) is 15.9. The molecule has 1 aliphatic rings. The van der Waals surface area contributed by atoms with Gasteiger partial charge in [-0.3, -0.25) is 10.1 Å². The van der Waals surface area contributed by atoms with E-state index in [0.717, 1.165) is 16.3 Å². The van der Waals surface area contributed by atoms with Crippen LogP contribution in [0.5, 0.6) is 17.2 Å². The molecule has 0 saturated carbocycles. The lowest BCUT2D eigenvalue weighted by Crippen LogP contribution is -2.20. The number of rotatable bonds is 5. The second kappa shape index (κ2) is 7.40. The van der Waals surface area contributed by atoms with Gasteiger partial charge < -0.3 is 14.2 Å². The highest BCUT2D eigenvalue weighted by molar-refractivity contribution is 7.18. The quantitative estimate of drug-likeness (QED) is 0.538. The van der Waals surface area contributed by atoms with Gasteiger partial charge in [0.25, 0.3) is 5.91 Å². The van der Waals surface area contributed by atoms with Gasteiger partial charge in [0, 0.05) is 10.9 Å². The molecule has 0 unspecified atom stereocenters. The van der Waals surface area contributed by atoms with E-state index in [1.165, 1.54) is 11.3 Å². The van der Waals surface area contributed by atoms with Crippen LogP contribution in [0, 0.1) is 0 Å². The van der Waals surface area contributed by atoms with Crippen molar-refractivity contribution in [1.82, 2.24) is 10.2 Å². The van der Waals surface area contributed by atoms with Crippen molar-refractivity contribution < 1.29 is 19.0 Å². The maximum absolute atomic E-state index is 12.3. The standard InChI is InChI=1S/C21H15N3O4S/c25-19(11-26-16-7-3-5-13-4-1-2-6-15(13)16)22-21-24-23-20(29-21)14-8-9-17-18(10-14)28-12-27-17/h1-10H,11-12H2,(H,22,24,25). The molecule has 0 spiro atoms. The number of hydrogen-bond donors (Lipinski definition) is 1. The number of ether oxygens (including phenoxy) is 3. The summed E-state index contributed by atoms with van der Waals surface area (Å²) in [7, 11) is 0. The average Bonchev–Trinajstić information content (AvgIpc) is 3.41. The Kier molecular flexibility index (Phi) is 4.45. The maximum atomic E-state index is 12.3. The van der Waals surface area contributed by atoms with E-state index in [1.54, 1.807) is 0 Å². The number of hydrogen-bond acceptors (Lipinski definition) is 7. The summed E-state index contributed by atoms with van der Waals surface area (Å²) in [6.07, 6.45) is 0. The highest BCUT2D eigenvalue weighted by atomic mass is 32.1. The second-order valence-electron chi connectivity index (χ2n) is 6.29. The van der Waals surface area contributed by atoms with Gasteiger partial charge in [0.05, 0.1) is 0 Å². The summed E-state index contributed by atoms with van der Waals surface area (Å²) >= 11 is 1.28. The lowest BCUT2D eigenvalue weighted by Gasteiger charge is -2.08. The van der Waals surface area contributed by atoms with Gasteiger partial charge in [-0.05, 0) is 29.7 Å². The topological polar surface area (TPSA) is 82.6 Å². The van der Waals surface area contributed by atoms with E-state index in [1.807, 2.05) is 60.7 Å². The minimum Gasteiger partial charge on any atom is -0.483 e. The van der Waals surface area contributed by atoms with E-state index in [-0.39, 0.29) is 19.3 Å². The van der Waals surface area contributed by atoms with E-state index in [2.05, 4.69) is 15.5 Å². The van der Waals surface area contributed by atoms with Gasteiger partial charge in [0.15, 0.2) is 18.1 Å². The molecular weight excluding hydrogens is 390 g/mol. The monoisotopic (exact) mass is 405 g/mol. The summed E-state index contributed by atoms with van der Waals surface area (Å²) in [4.78, 5) is 12.3. The fraction of sp³-hybridized carbons (Fsp3) is 0.0952. The van der Waals surface area contributed by atoms with E-state index < -0.39 is 0 Å².